The number of aromatic nitrogens is 1. The van der Waals surface area contributed by atoms with E-state index in [-0.39, 0.29) is 11.4 Å². The van der Waals surface area contributed by atoms with Gasteiger partial charge in [-0.2, -0.15) is 0 Å². The molecule has 0 N–H and O–H groups in total. The molecule has 0 radical (unpaired) electrons. The van der Waals surface area contributed by atoms with E-state index in [4.69, 9.17) is 0 Å². The topological polar surface area (TPSA) is 22.0 Å². The highest BCUT2D eigenvalue weighted by Crippen LogP contribution is 2.14. The van der Waals surface area contributed by atoms with Gasteiger partial charge in [0.1, 0.15) is 5.82 Å². The van der Waals surface area contributed by atoms with Crippen molar-refractivity contribution in [3.05, 3.63) is 82.5 Å². The van der Waals surface area contributed by atoms with E-state index in [0.717, 1.165) is 5.56 Å². The zero-order chi connectivity index (χ0) is 13.2. The lowest BCUT2D eigenvalue weighted by molar-refractivity contribution is 0.639. The monoisotopic (exact) mass is 253 g/mol. The molecule has 0 unspecified atom stereocenters. The van der Waals surface area contributed by atoms with Crippen LogP contribution < -0.4 is 5.56 Å². The second-order valence-corrected chi connectivity index (χ2v) is 4.44. The standard InChI is InChI=1S/C16H12FNO/c17-15-8-4-7-14-13(15)9-10-18(16(14)19)11-12-5-2-1-3-6-12/h1-10H,11H2. The lowest BCUT2D eigenvalue weighted by Gasteiger charge is -2.07. The zero-order valence-corrected chi connectivity index (χ0v) is 10.2. The zero-order valence-electron chi connectivity index (χ0n) is 10.2. The van der Waals surface area contributed by atoms with Crippen LogP contribution in [-0.4, -0.2) is 4.57 Å². The third kappa shape index (κ3) is 2.15. The molecule has 3 aromatic rings. The van der Waals surface area contributed by atoms with Gasteiger partial charge < -0.3 is 4.57 Å². The fraction of sp³-hybridized carbons (Fsp3) is 0.0625. The number of rotatable bonds is 2. The Morgan fingerprint density at radius 2 is 1.68 bits per heavy atom. The molecule has 3 heteroatoms. The largest absolute Gasteiger partial charge is 0.311 e. The second kappa shape index (κ2) is 4.69. The molecule has 0 fully saturated rings. The van der Waals surface area contributed by atoms with Crippen LogP contribution in [0.5, 0.6) is 0 Å². The number of nitrogens with zero attached hydrogens (tertiary/aromatic N) is 1. The van der Waals surface area contributed by atoms with Crippen molar-refractivity contribution in [1.82, 2.24) is 4.57 Å². The maximum atomic E-state index is 13.6. The Morgan fingerprint density at radius 3 is 2.47 bits per heavy atom. The minimum Gasteiger partial charge on any atom is -0.311 e. The predicted molar refractivity (Wildman–Crippen MR) is 73.7 cm³/mol. The van der Waals surface area contributed by atoms with E-state index >= 15 is 0 Å². The minimum atomic E-state index is -0.360. The maximum Gasteiger partial charge on any atom is 0.258 e. The van der Waals surface area contributed by atoms with Crippen LogP contribution in [0.1, 0.15) is 5.56 Å². The van der Waals surface area contributed by atoms with E-state index in [1.165, 1.54) is 6.07 Å². The lowest BCUT2D eigenvalue weighted by atomic mass is 10.1. The molecule has 0 amide bonds. The van der Waals surface area contributed by atoms with Crippen molar-refractivity contribution in [1.29, 1.82) is 0 Å². The van der Waals surface area contributed by atoms with Crippen LogP contribution in [-0.2, 0) is 6.54 Å². The van der Waals surface area contributed by atoms with Crippen LogP contribution in [0.2, 0.25) is 0 Å². The molecule has 0 spiro atoms. The molecule has 0 saturated carbocycles. The molecule has 94 valence electrons. The van der Waals surface area contributed by atoms with Gasteiger partial charge in [0.2, 0.25) is 0 Å². The lowest BCUT2D eigenvalue weighted by Crippen LogP contribution is -2.20. The first-order valence-electron chi connectivity index (χ1n) is 6.07. The third-order valence-electron chi connectivity index (χ3n) is 3.16. The van der Waals surface area contributed by atoms with Gasteiger partial charge in [0.25, 0.3) is 5.56 Å². The van der Waals surface area contributed by atoms with Crippen molar-refractivity contribution in [3.8, 4) is 0 Å². The molecular weight excluding hydrogens is 241 g/mol. The average Bonchev–Trinajstić information content (AvgIpc) is 2.44. The molecule has 0 bridgehead atoms. The van der Waals surface area contributed by atoms with Gasteiger partial charge in [-0.3, -0.25) is 4.79 Å². The van der Waals surface area contributed by atoms with E-state index in [1.807, 2.05) is 30.3 Å². The SMILES string of the molecule is O=c1c2cccc(F)c2ccn1Cc1ccccc1. The Morgan fingerprint density at radius 1 is 0.895 bits per heavy atom. The Hall–Kier alpha value is -2.42. The molecule has 0 atom stereocenters. The van der Waals surface area contributed by atoms with Crippen molar-refractivity contribution in [2.75, 3.05) is 0 Å². The molecule has 0 aliphatic rings. The van der Waals surface area contributed by atoms with Gasteiger partial charge in [0.15, 0.2) is 0 Å². The highest BCUT2D eigenvalue weighted by atomic mass is 19.1. The third-order valence-corrected chi connectivity index (χ3v) is 3.16. The van der Waals surface area contributed by atoms with E-state index < -0.39 is 0 Å². The quantitative estimate of drug-likeness (QED) is 0.687. The van der Waals surface area contributed by atoms with Crippen LogP contribution in [0.3, 0.4) is 0 Å². The molecule has 19 heavy (non-hydrogen) atoms. The molecule has 1 heterocycles. The first kappa shape index (κ1) is 11.7. The van der Waals surface area contributed by atoms with E-state index in [9.17, 15) is 9.18 Å². The number of benzene rings is 2. The van der Waals surface area contributed by atoms with Crippen LogP contribution in [0.15, 0.2) is 65.6 Å². The van der Waals surface area contributed by atoms with E-state index in [2.05, 4.69) is 0 Å². The highest BCUT2D eigenvalue weighted by Gasteiger charge is 2.06. The highest BCUT2D eigenvalue weighted by molar-refractivity contribution is 5.81. The number of hydrogen-bond acceptors (Lipinski definition) is 1. The Labute approximate surface area is 109 Å². The second-order valence-electron chi connectivity index (χ2n) is 4.44. The summed E-state index contributed by atoms with van der Waals surface area (Å²) in [6.45, 7) is 0.492. The van der Waals surface area contributed by atoms with Gasteiger partial charge >= 0.3 is 0 Å². The van der Waals surface area contributed by atoms with Crippen LogP contribution >= 0.6 is 0 Å². The fourth-order valence-electron chi connectivity index (χ4n) is 2.18. The van der Waals surface area contributed by atoms with Crippen molar-refractivity contribution in [3.63, 3.8) is 0 Å². The molecule has 2 nitrogen and oxygen atoms in total. The number of fused-ring (bicyclic) bond motifs is 1. The number of hydrogen-bond donors (Lipinski definition) is 0. The average molecular weight is 253 g/mol. The Balaban J connectivity index is 2.11. The number of halogens is 1. The van der Waals surface area contributed by atoms with Crippen LogP contribution in [0.25, 0.3) is 10.8 Å². The molecule has 3 rings (SSSR count). The summed E-state index contributed by atoms with van der Waals surface area (Å²) in [5, 5.41) is 0.787. The molecular formula is C16H12FNO. The van der Waals surface area contributed by atoms with Gasteiger partial charge in [0, 0.05) is 11.6 Å². The summed E-state index contributed by atoms with van der Waals surface area (Å²) in [6.07, 6.45) is 1.64. The molecule has 2 aromatic carbocycles. The Kier molecular flexibility index (Phi) is 2.88. The minimum absolute atomic E-state index is 0.166. The van der Waals surface area contributed by atoms with Gasteiger partial charge in [-0.1, -0.05) is 36.4 Å². The van der Waals surface area contributed by atoms with Gasteiger partial charge in [-0.05, 0) is 23.8 Å². The molecule has 1 aromatic heterocycles. The summed E-state index contributed by atoms with van der Waals surface area (Å²) >= 11 is 0. The molecule has 0 saturated heterocycles. The first-order chi connectivity index (χ1) is 9.25. The number of pyridine rings is 1. The first-order valence-corrected chi connectivity index (χ1v) is 6.07. The predicted octanol–water partition coefficient (Wildman–Crippen LogP) is 3.19. The van der Waals surface area contributed by atoms with Gasteiger partial charge in [0.05, 0.1) is 11.9 Å². The van der Waals surface area contributed by atoms with Crippen LogP contribution in [0, 0.1) is 5.82 Å². The van der Waals surface area contributed by atoms with E-state index in [0.29, 0.717) is 17.3 Å². The summed E-state index contributed by atoms with van der Waals surface area (Å²) in [7, 11) is 0. The summed E-state index contributed by atoms with van der Waals surface area (Å²) in [6, 6.07) is 15.9. The fourth-order valence-corrected chi connectivity index (χ4v) is 2.18. The maximum absolute atomic E-state index is 13.6. The van der Waals surface area contributed by atoms with Crippen molar-refractivity contribution in [2.45, 2.75) is 6.54 Å². The molecule has 0 aliphatic carbocycles. The van der Waals surface area contributed by atoms with Crippen LogP contribution in [0.4, 0.5) is 4.39 Å². The van der Waals surface area contributed by atoms with E-state index in [1.54, 1.807) is 29.0 Å². The van der Waals surface area contributed by atoms with Crippen molar-refractivity contribution in [2.24, 2.45) is 0 Å². The summed E-state index contributed by atoms with van der Waals surface area (Å²) in [5.41, 5.74) is 0.876. The summed E-state index contributed by atoms with van der Waals surface area (Å²) < 4.78 is 15.2. The van der Waals surface area contributed by atoms with Crippen molar-refractivity contribution >= 4 is 10.8 Å². The van der Waals surface area contributed by atoms with Gasteiger partial charge in [-0.15, -0.1) is 0 Å². The summed E-state index contributed by atoms with van der Waals surface area (Å²) in [4.78, 5) is 12.3. The Bertz CT molecular complexity index is 778. The van der Waals surface area contributed by atoms with Gasteiger partial charge in [-0.25, -0.2) is 4.39 Å². The summed E-state index contributed by atoms with van der Waals surface area (Å²) in [5.74, 6) is -0.360. The van der Waals surface area contributed by atoms with Crippen molar-refractivity contribution < 1.29 is 4.39 Å². The molecule has 0 aliphatic heterocycles. The smallest absolute Gasteiger partial charge is 0.258 e. The normalized spacial score (nSPS) is 10.8.